The maximum absolute atomic E-state index is 12.2. The largest absolute Gasteiger partial charge is 0.530 e. The van der Waals surface area contributed by atoms with Crippen molar-refractivity contribution in [3.05, 3.63) is 59.8 Å². The van der Waals surface area contributed by atoms with E-state index in [4.69, 9.17) is 5.73 Å². The summed E-state index contributed by atoms with van der Waals surface area (Å²) >= 11 is 0. The Hall–Kier alpha value is -3.28. The van der Waals surface area contributed by atoms with Gasteiger partial charge in [-0.15, -0.1) is 0 Å². The van der Waals surface area contributed by atoms with Gasteiger partial charge in [0, 0.05) is 30.1 Å². The van der Waals surface area contributed by atoms with Crippen LogP contribution in [0.25, 0.3) is 22.0 Å². The molecule has 156 valence electrons. The first-order chi connectivity index (χ1) is 14.2. The summed E-state index contributed by atoms with van der Waals surface area (Å²) in [5.41, 5.74) is 9.45. The zero-order valence-electron chi connectivity index (χ0n) is 17.4. The number of amides is 2. The summed E-state index contributed by atoms with van der Waals surface area (Å²) < 4.78 is 0. The highest BCUT2D eigenvalue weighted by Crippen LogP contribution is 2.45. The van der Waals surface area contributed by atoms with E-state index in [0.717, 1.165) is 22.1 Å². The molecule has 30 heavy (non-hydrogen) atoms. The van der Waals surface area contributed by atoms with Crippen LogP contribution in [0.2, 0.25) is 0 Å². The minimum absolute atomic E-state index is 0.0107. The number of likely N-dealkylation sites (tertiary alicyclic amines) is 1. The number of carbonyl (C=O) groups is 2. The fourth-order valence-electron chi connectivity index (χ4n) is 4.95. The molecule has 2 atom stereocenters. The van der Waals surface area contributed by atoms with E-state index in [1.54, 1.807) is 0 Å². The number of nitrogens with one attached hydrogen (secondary N) is 1. The summed E-state index contributed by atoms with van der Waals surface area (Å²) in [6.45, 7) is 6.57. The third kappa shape index (κ3) is 3.32. The molecule has 1 saturated heterocycles. The summed E-state index contributed by atoms with van der Waals surface area (Å²) in [6.07, 6.45) is 1.46. The molecular formula is C24H26N3O3-. The first kappa shape index (κ1) is 20.0. The van der Waals surface area contributed by atoms with Crippen LogP contribution >= 0.6 is 0 Å². The van der Waals surface area contributed by atoms with Gasteiger partial charge in [0.05, 0.1) is 11.1 Å². The molecule has 4 rings (SSSR count). The molecule has 1 fully saturated rings. The van der Waals surface area contributed by atoms with Crippen LogP contribution in [0, 0.1) is 5.41 Å². The van der Waals surface area contributed by atoms with Gasteiger partial charge in [-0.25, -0.2) is 0 Å². The standard InChI is InChI=1S/C24H27N3O3/c1-24(2,3)21-16(9-10-27(21)23(29)30)19-13-26-20-17(19)11-15(12-18(20)22(25)28)14-7-5-4-6-8-14/h4-8,11-13,16,21,26H,9-10H2,1-3H3,(H2,25,28)(H,29,30)/p-1. The Labute approximate surface area is 175 Å². The van der Waals surface area contributed by atoms with Gasteiger partial charge in [0.1, 0.15) is 6.09 Å². The monoisotopic (exact) mass is 404 g/mol. The van der Waals surface area contributed by atoms with Crippen molar-refractivity contribution < 1.29 is 14.7 Å². The van der Waals surface area contributed by atoms with Crippen LogP contribution in [0.3, 0.4) is 0 Å². The van der Waals surface area contributed by atoms with Crippen LogP contribution in [0.15, 0.2) is 48.7 Å². The van der Waals surface area contributed by atoms with E-state index in [0.29, 0.717) is 24.0 Å². The topological polar surface area (TPSA) is 102 Å². The van der Waals surface area contributed by atoms with Crippen molar-refractivity contribution in [2.24, 2.45) is 11.1 Å². The molecule has 1 aliphatic rings. The van der Waals surface area contributed by atoms with Crippen LogP contribution in [-0.2, 0) is 0 Å². The highest BCUT2D eigenvalue weighted by molar-refractivity contribution is 6.07. The molecule has 1 aromatic heterocycles. The minimum Gasteiger partial charge on any atom is -0.530 e. The van der Waals surface area contributed by atoms with E-state index in [-0.39, 0.29) is 17.4 Å². The van der Waals surface area contributed by atoms with Gasteiger partial charge in [-0.2, -0.15) is 0 Å². The quantitative estimate of drug-likeness (QED) is 0.698. The number of primary amides is 1. The van der Waals surface area contributed by atoms with Gasteiger partial charge in [0.25, 0.3) is 5.91 Å². The number of carboxylic acid groups (broad SMARTS) is 1. The highest BCUT2D eigenvalue weighted by Gasteiger charge is 2.43. The molecule has 6 nitrogen and oxygen atoms in total. The second-order valence-electron chi connectivity index (χ2n) is 9.09. The van der Waals surface area contributed by atoms with Crippen LogP contribution in [-0.4, -0.2) is 34.5 Å². The van der Waals surface area contributed by atoms with Crippen LogP contribution in [0.1, 0.15) is 49.0 Å². The summed E-state index contributed by atoms with van der Waals surface area (Å²) in [6, 6.07) is 13.5. The molecule has 3 N–H and O–H groups in total. The molecule has 2 heterocycles. The molecule has 6 heteroatoms. The normalized spacial score (nSPS) is 19.4. The number of rotatable bonds is 3. The number of hydrogen-bond donors (Lipinski definition) is 2. The van der Waals surface area contributed by atoms with Crippen molar-refractivity contribution in [1.82, 2.24) is 9.88 Å². The summed E-state index contributed by atoms with van der Waals surface area (Å²) in [4.78, 5) is 28.6. The lowest BCUT2D eigenvalue weighted by atomic mass is 9.76. The zero-order valence-corrected chi connectivity index (χ0v) is 17.4. The number of nitrogens with zero attached hydrogens (tertiary/aromatic N) is 1. The smallest absolute Gasteiger partial charge is 0.250 e. The van der Waals surface area contributed by atoms with Gasteiger partial charge < -0.3 is 25.5 Å². The summed E-state index contributed by atoms with van der Waals surface area (Å²) in [5, 5.41) is 12.7. The Morgan fingerprint density at radius 3 is 2.43 bits per heavy atom. The Morgan fingerprint density at radius 2 is 1.83 bits per heavy atom. The second kappa shape index (κ2) is 7.20. The molecule has 2 aromatic carbocycles. The predicted molar refractivity (Wildman–Crippen MR) is 115 cm³/mol. The lowest BCUT2D eigenvalue weighted by molar-refractivity contribution is -0.268. The van der Waals surface area contributed by atoms with E-state index in [1.165, 1.54) is 4.90 Å². The van der Waals surface area contributed by atoms with E-state index in [1.807, 2.05) is 63.4 Å². The van der Waals surface area contributed by atoms with Gasteiger partial charge in [-0.3, -0.25) is 4.79 Å². The average Bonchev–Trinajstić information content (AvgIpc) is 3.31. The van der Waals surface area contributed by atoms with E-state index in [2.05, 4.69) is 11.1 Å². The van der Waals surface area contributed by atoms with Gasteiger partial charge in [-0.1, -0.05) is 51.1 Å². The number of hydrogen-bond acceptors (Lipinski definition) is 3. The van der Waals surface area contributed by atoms with E-state index < -0.39 is 12.0 Å². The molecule has 3 aromatic rings. The Bertz CT molecular complexity index is 1110. The van der Waals surface area contributed by atoms with Crippen molar-refractivity contribution in [1.29, 1.82) is 0 Å². The molecule has 2 amide bonds. The minimum atomic E-state index is -1.14. The third-order valence-corrected chi connectivity index (χ3v) is 6.11. The van der Waals surface area contributed by atoms with Crippen molar-refractivity contribution in [3.63, 3.8) is 0 Å². The van der Waals surface area contributed by atoms with Crippen molar-refractivity contribution in [3.8, 4) is 11.1 Å². The fourth-order valence-corrected chi connectivity index (χ4v) is 4.95. The maximum Gasteiger partial charge on any atom is 0.250 e. The van der Waals surface area contributed by atoms with Gasteiger partial charge >= 0.3 is 0 Å². The van der Waals surface area contributed by atoms with Crippen molar-refractivity contribution >= 4 is 22.9 Å². The molecule has 1 aliphatic heterocycles. The highest BCUT2D eigenvalue weighted by atomic mass is 16.4. The lowest BCUT2D eigenvalue weighted by Crippen LogP contribution is -2.50. The van der Waals surface area contributed by atoms with E-state index >= 15 is 0 Å². The summed E-state index contributed by atoms with van der Waals surface area (Å²) in [7, 11) is 0. The maximum atomic E-state index is 12.2. The average molecular weight is 404 g/mol. The lowest BCUT2D eigenvalue weighted by Gasteiger charge is -2.39. The second-order valence-corrected chi connectivity index (χ2v) is 9.09. The Morgan fingerprint density at radius 1 is 1.13 bits per heavy atom. The predicted octanol–water partition coefficient (Wildman–Crippen LogP) is 3.48. The first-order valence-corrected chi connectivity index (χ1v) is 10.2. The number of carbonyl (C=O) groups excluding carboxylic acids is 2. The zero-order chi connectivity index (χ0) is 21.6. The number of fused-ring (bicyclic) bond motifs is 1. The first-order valence-electron chi connectivity index (χ1n) is 10.2. The van der Waals surface area contributed by atoms with Crippen molar-refractivity contribution in [2.75, 3.05) is 6.54 Å². The summed E-state index contributed by atoms with van der Waals surface area (Å²) in [5.74, 6) is -0.510. The van der Waals surface area contributed by atoms with Crippen LogP contribution in [0.5, 0.6) is 0 Å². The number of aromatic amines is 1. The number of H-pyrrole nitrogens is 1. The van der Waals surface area contributed by atoms with Gasteiger partial charge in [-0.05, 0) is 40.7 Å². The number of aromatic nitrogens is 1. The van der Waals surface area contributed by atoms with Crippen LogP contribution in [0.4, 0.5) is 4.79 Å². The molecular weight excluding hydrogens is 378 g/mol. The van der Waals surface area contributed by atoms with E-state index in [9.17, 15) is 14.7 Å². The number of nitrogens with two attached hydrogens (primary N) is 1. The molecule has 2 unspecified atom stereocenters. The van der Waals surface area contributed by atoms with Crippen molar-refractivity contribution in [2.45, 2.75) is 39.2 Å². The van der Waals surface area contributed by atoms with Crippen LogP contribution < -0.4 is 10.8 Å². The van der Waals surface area contributed by atoms with Gasteiger partial charge in [0.15, 0.2) is 0 Å². The molecule has 0 saturated carbocycles. The SMILES string of the molecule is CC(C)(C)C1C(c2c[nH]c3c(C(N)=O)cc(-c4ccccc4)cc23)CCN1C(=O)[O-]. The molecule has 0 bridgehead atoms. The Balaban J connectivity index is 1.91. The molecule has 0 radical (unpaired) electrons. The fraction of sp³-hybridized carbons (Fsp3) is 0.333. The Kier molecular flexibility index (Phi) is 4.80. The number of benzene rings is 2. The third-order valence-electron chi connectivity index (χ3n) is 6.11. The molecule has 0 aliphatic carbocycles. The molecule has 0 spiro atoms. The van der Waals surface area contributed by atoms with Gasteiger partial charge in [0.2, 0.25) is 0 Å².